The smallest absolute Gasteiger partial charge is 0.228 e. The first-order chi connectivity index (χ1) is 13.2. The van der Waals surface area contributed by atoms with Crippen molar-refractivity contribution in [3.05, 3.63) is 35.2 Å². The van der Waals surface area contributed by atoms with Gasteiger partial charge in [0.15, 0.2) is 5.96 Å². The summed E-state index contributed by atoms with van der Waals surface area (Å²) in [5.74, 6) is 3.85. The fraction of sp³-hybridized carbons (Fsp3) is 0.550. The van der Waals surface area contributed by atoms with Gasteiger partial charge in [0, 0.05) is 43.7 Å². The van der Waals surface area contributed by atoms with Gasteiger partial charge in [0.05, 0.1) is 0 Å². The molecular weight excluding hydrogens is 489 g/mol. The van der Waals surface area contributed by atoms with Gasteiger partial charge in [-0.15, -0.1) is 24.0 Å². The molecule has 0 bridgehead atoms. The number of hydrogen-bond acceptors (Lipinski definition) is 4. The minimum atomic E-state index is 0. The van der Waals surface area contributed by atoms with Crippen molar-refractivity contribution in [1.82, 2.24) is 20.4 Å². The van der Waals surface area contributed by atoms with Crippen LogP contribution in [0.25, 0.3) is 11.4 Å². The lowest BCUT2D eigenvalue weighted by Gasteiger charge is -2.22. The van der Waals surface area contributed by atoms with Gasteiger partial charge in [-0.1, -0.05) is 41.7 Å². The van der Waals surface area contributed by atoms with Gasteiger partial charge in [-0.05, 0) is 36.8 Å². The number of benzene rings is 1. The fourth-order valence-corrected chi connectivity index (χ4v) is 4.48. The first kappa shape index (κ1) is 21.4. The molecule has 0 amide bonds. The van der Waals surface area contributed by atoms with Crippen molar-refractivity contribution in [3.8, 4) is 11.4 Å². The predicted molar refractivity (Wildman–Crippen MR) is 122 cm³/mol. The Kier molecular flexibility index (Phi) is 7.56. The first-order valence-corrected chi connectivity index (χ1v) is 10.1. The normalized spacial score (nSPS) is 21.9. The van der Waals surface area contributed by atoms with E-state index in [1.165, 1.54) is 25.7 Å². The van der Waals surface area contributed by atoms with E-state index in [1.807, 2.05) is 31.3 Å². The van der Waals surface area contributed by atoms with Crippen molar-refractivity contribution in [2.75, 3.05) is 26.7 Å². The number of nitrogens with zero attached hydrogens (tertiary/aromatic N) is 4. The van der Waals surface area contributed by atoms with Gasteiger partial charge in [0.25, 0.3) is 0 Å². The van der Waals surface area contributed by atoms with Gasteiger partial charge in [-0.3, -0.25) is 4.99 Å². The molecule has 28 heavy (non-hydrogen) atoms. The zero-order valence-electron chi connectivity index (χ0n) is 16.1. The largest absolute Gasteiger partial charge is 0.356 e. The molecule has 1 saturated carbocycles. The standard InChI is InChI=1S/C20H26ClN5O.HI/c1-22-20(26-12-15-5-2-3-6-16(15)13-26)23-10-9-18-24-19(25-27-18)14-7-4-8-17(21)11-14;/h4,7-8,11,15-16H,2-3,5-6,9-10,12-13H2,1H3,(H,22,23);1H. The number of guanidine groups is 1. The molecule has 1 aliphatic heterocycles. The molecule has 1 N–H and O–H groups in total. The molecule has 4 rings (SSSR count). The van der Waals surface area contributed by atoms with Crippen molar-refractivity contribution in [2.45, 2.75) is 32.1 Å². The highest BCUT2D eigenvalue weighted by molar-refractivity contribution is 14.0. The van der Waals surface area contributed by atoms with Crippen LogP contribution >= 0.6 is 35.6 Å². The third-order valence-electron chi connectivity index (χ3n) is 5.66. The van der Waals surface area contributed by atoms with E-state index in [1.54, 1.807) is 0 Å². The molecule has 1 aromatic carbocycles. The monoisotopic (exact) mass is 515 g/mol. The molecule has 0 spiro atoms. The van der Waals surface area contributed by atoms with E-state index < -0.39 is 0 Å². The lowest BCUT2D eigenvalue weighted by molar-refractivity contribution is 0.299. The molecule has 2 unspecified atom stereocenters. The Balaban J connectivity index is 0.00000225. The molecule has 152 valence electrons. The minimum Gasteiger partial charge on any atom is -0.356 e. The second-order valence-electron chi connectivity index (χ2n) is 7.46. The van der Waals surface area contributed by atoms with Crippen molar-refractivity contribution < 1.29 is 4.52 Å². The SMILES string of the molecule is CN=C(NCCc1nc(-c2cccc(Cl)c2)no1)N1CC2CCCCC2C1.I. The zero-order valence-corrected chi connectivity index (χ0v) is 19.2. The maximum absolute atomic E-state index is 6.03. The van der Waals surface area contributed by atoms with E-state index in [9.17, 15) is 0 Å². The summed E-state index contributed by atoms with van der Waals surface area (Å²) in [7, 11) is 1.86. The van der Waals surface area contributed by atoms with Crippen LogP contribution in [0.15, 0.2) is 33.8 Å². The van der Waals surface area contributed by atoms with Crippen LogP contribution in [0.1, 0.15) is 31.6 Å². The topological polar surface area (TPSA) is 66.5 Å². The van der Waals surface area contributed by atoms with Crippen LogP contribution in [0.4, 0.5) is 0 Å². The number of nitrogens with one attached hydrogen (secondary N) is 1. The van der Waals surface area contributed by atoms with E-state index in [-0.39, 0.29) is 24.0 Å². The van der Waals surface area contributed by atoms with E-state index >= 15 is 0 Å². The minimum absolute atomic E-state index is 0. The van der Waals surface area contributed by atoms with Crippen molar-refractivity contribution >= 4 is 41.5 Å². The first-order valence-electron chi connectivity index (χ1n) is 9.77. The number of fused-ring (bicyclic) bond motifs is 1. The lowest BCUT2D eigenvalue weighted by Crippen LogP contribution is -2.41. The van der Waals surface area contributed by atoms with Crippen LogP contribution in [0.3, 0.4) is 0 Å². The summed E-state index contributed by atoms with van der Waals surface area (Å²) in [5.41, 5.74) is 0.862. The summed E-state index contributed by atoms with van der Waals surface area (Å²) >= 11 is 6.03. The van der Waals surface area contributed by atoms with Crippen LogP contribution in [-0.2, 0) is 6.42 Å². The molecule has 2 heterocycles. The van der Waals surface area contributed by atoms with E-state index in [2.05, 4.69) is 25.3 Å². The summed E-state index contributed by atoms with van der Waals surface area (Å²) in [6, 6.07) is 7.47. The van der Waals surface area contributed by atoms with Crippen LogP contribution in [0, 0.1) is 11.8 Å². The fourth-order valence-electron chi connectivity index (χ4n) is 4.29. The molecule has 1 aliphatic carbocycles. The second kappa shape index (κ2) is 9.91. The molecule has 0 radical (unpaired) electrons. The molecular formula is C20H27ClIN5O. The Hall–Kier alpha value is -1.35. The van der Waals surface area contributed by atoms with Crippen LogP contribution < -0.4 is 5.32 Å². The molecule has 2 atom stereocenters. The van der Waals surface area contributed by atoms with Gasteiger partial charge >= 0.3 is 0 Å². The third kappa shape index (κ3) is 4.97. The van der Waals surface area contributed by atoms with E-state index in [0.29, 0.717) is 23.2 Å². The van der Waals surface area contributed by atoms with Gasteiger partial charge in [-0.2, -0.15) is 4.98 Å². The number of likely N-dealkylation sites (tertiary alicyclic amines) is 1. The summed E-state index contributed by atoms with van der Waals surface area (Å²) in [6.07, 6.45) is 6.16. The Bertz CT molecular complexity index is 797. The highest BCUT2D eigenvalue weighted by atomic mass is 127. The maximum atomic E-state index is 6.03. The van der Waals surface area contributed by atoms with Gasteiger partial charge in [0.2, 0.25) is 11.7 Å². The Labute approximate surface area is 188 Å². The highest BCUT2D eigenvalue weighted by Gasteiger charge is 2.35. The number of aliphatic imine (C=N–C) groups is 1. The van der Waals surface area contributed by atoms with Crippen molar-refractivity contribution in [2.24, 2.45) is 16.8 Å². The zero-order chi connectivity index (χ0) is 18.6. The Morgan fingerprint density at radius 2 is 2.04 bits per heavy atom. The molecule has 2 fully saturated rings. The van der Waals surface area contributed by atoms with Gasteiger partial charge in [-0.25, -0.2) is 0 Å². The van der Waals surface area contributed by atoms with Gasteiger partial charge in [0.1, 0.15) is 0 Å². The Morgan fingerprint density at radius 3 is 2.71 bits per heavy atom. The molecule has 2 aliphatic rings. The predicted octanol–water partition coefficient (Wildman–Crippen LogP) is 4.25. The summed E-state index contributed by atoms with van der Waals surface area (Å²) in [5, 5.41) is 8.18. The molecule has 6 nitrogen and oxygen atoms in total. The highest BCUT2D eigenvalue weighted by Crippen LogP contribution is 2.35. The summed E-state index contributed by atoms with van der Waals surface area (Å²) < 4.78 is 5.38. The van der Waals surface area contributed by atoms with E-state index in [0.717, 1.165) is 43.0 Å². The summed E-state index contributed by atoms with van der Waals surface area (Å²) in [6.45, 7) is 2.98. The van der Waals surface area contributed by atoms with Crippen LogP contribution in [-0.4, -0.2) is 47.7 Å². The second-order valence-corrected chi connectivity index (χ2v) is 7.89. The molecule has 8 heteroatoms. The Morgan fingerprint density at radius 1 is 1.29 bits per heavy atom. The van der Waals surface area contributed by atoms with Gasteiger partial charge < -0.3 is 14.7 Å². The molecule has 1 aromatic heterocycles. The summed E-state index contributed by atoms with van der Waals surface area (Å²) in [4.78, 5) is 11.4. The van der Waals surface area contributed by atoms with E-state index in [4.69, 9.17) is 16.1 Å². The maximum Gasteiger partial charge on any atom is 0.228 e. The quantitative estimate of drug-likeness (QED) is 0.375. The lowest BCUT2D eigenvalue weighted by atomic mass is 9.82. The van der Waals surface area contributed by atoms with Crippen LogP contribution in [0.5, 0.6) is 0 Å². The molecule has 1 saturated heterocycles. The number of hydrogen-bond donors (Lipinski definition) is 1. The van der Waals surface area contributed by atoms with Crippen molar-refractivity contribution in [1.29, 1.82) is 0 Å². The number of rotatable bonds is 4. The average molecular weight is 516 g/mol. The number of halogens is 2. The number of aromatic nitrogens is 2. The third-order valence-corrected chi connectivity index (χ3v) is 5.90. The average Bonchev–Trinajstić information content (AvgIpc) is 3.32. The van der Waals surface area contributed by atoms with Crippen molar-refractivity contribution in [3.63, 3.8) is 0 Å². The molecule has 2 aromatic rings. The van der Waals surface area contributed by atoms with Crippen LogP contribution in [0.2, 0.25) is 5.02 Å².